The highest BCUT2D eigenvalue weighted by Gasteiger charge is 2.35. The number of aryl methyl sites for hydroxylation is 1. The van der Waals surface area contributed by atoms with Crippen LogP contribution >= 0.6 is 0 Å². The van der Waals surface area contributed by atoms with Crippen LogP contribution in [0.25, 0.3) is 0 Å². The van der Waals surface area contributed by atoms with E-state index in [9.17, 15) is 14.4 Å². The summed E-state index contributed by atoms with van der Waals surface area (Å²) in [5.74, 6) is -0.492. The van der Waals surface area contributed by atoms with Crippen LogP contribution < -0.4 is 16.0 Å². The van der Waals surface area contributed by atoms with Gasteiger partial charge in [-0.2, -0.15) is 0 Å². The van der Waals surface area contributed by atoms with Crippen LogP contribution in [0.4, 0.5) is 21.0 Å². The van der Waals surface area contributed by atoms with Gasteiger partial charge in [-0.05, 0) is 50.1 Å². The van der Waals surface area contributed by atoms with Crippen LogP contribution in [-0.2, 0) is 9.53 Å². The topological polar surface area (TPSA) is 99.8 Å². The van der Waals surface area contributed by atoms with E-state index < -0.39 is 12.0 Å². The van der Waals surface area contributed by atoms with E-state index in [0.717, 1.165) is 12.0 Å². The maximum absolute atomic E-state index is 12.6. The normalized spacial score (nSPS) is 15.8. The molecule has 1 aliphatic rings. The van der Waals surface area contributed by atoms with Gasteiger partial charge >= 0.3 is 18.0 Å². The summed E-state index contributed by atoms with van der Waals surface area (Å²) in [6.07, 6.45) is 0.759. The van der Waals surface area contributed by atoms with Gasteiger partial charge in [-0.25, -0.2) is 14.4 Å². The van der Waals surface area contributed by atoms with E-state index in [1.165, 1.54) is 7.11 Å². The zero-order chi connectivity index (χ0) is 23.3. The molecule has 2 aromatic rings. The highest BCUT2D eigenvalue weighted by Crippen LogP contribution is 2.32. The number of ether oxygens (including phenoxy) is 1. The summed E-state index contributed by atoms with van der Waals surface area (Å²) in [4.78, 5) is 38.9. The molecule has 3 rings (SSSR count). The minimum atomic E-state index is -0.640. The van der Waals surface area contributed by atoms with Crippen LogP contribution in [0, 0.1) is 6.92 Å². The van der Waals surface area contributed by atoms with Gasteiger partial charge in [0.15, 0.2) is 0 Å². The van der Waals surface area contributed by atoms with Gasteiger partial charge in [0.1, 0.15) is 0 Å². The Hall–Kier alpha value is -3.81. The molecule has 1 atom stereocenters. The SMILES string of the molecule is CCCN1C(=O)NC(c2ccc(NC(=O)Nc3ccc(C)cc3)cc2)C(C(=O)OC)=C1C. The van der Waals surface area contributed by atoms with Crippen molar-refractivity contribution >= 4 is 29.4 Å². The minimum absolute atomic E-state index is 0.262. The van der Waals surface area contributed by atoms with E-state index in [2.05, 4.69) is 16.0 Å². The largest absolute Gasteiger partial charge is 0.466 e. The molecule has 0 fully saturated rings. The number of anilines is 2. The van der Waals surface area contributed by atoms with E-state index in [4.69, 9.17) is 4.74 Å². The molecule has 0 aromatic heterocycles. The Balaban J connectivity index is 1.77. The van der Waals surface area contributed by atoms with Crippen molar-refractivity contribution in [1.29, 1.82) is 0 Å². The molecule has 8 nitrogen and oxygen atoms in total. The van der Waals surface area contributed by atoms with Crippen molar-refractivity contribution < 1.29 is 19.1 Å². The zero-order valence-corrected chi connectivity index (χ0v) is 18.7. The summed E-state index contributed by atoms with van der Waals surface area (Å²) < 4.78 is 4.97. The van der Waals surface area contributed by atoms with Crippen LogP contribution in [0.2, 0.25) is 0 Å². The van der Waals surface area contributed by atoms with Crippen molar-refractivity contribution in [3.05, 3.63) is 70.9 Å². The predicted octanol–water partition coefficient (Wildman–Crippen LogP) is 4.56. The lowest BCUT2D eigenvalue weighted by Gasteiger charge is -2.35. The molecule has 0 radical (unpaired) electrons. The lowest BCUT2D eigenvalue weighted by molar-refractivity contribution is -0.136. The number of carbonyl (C=O) groups excluding carboxylic acids is 3. The molecule has 0 spiro atoms. The highest BCUT2D eigenvalue weighted by molar-refractivity contribution is 6.00. The van der Waals surface area contributed by atoms with Crippen LogP contribution in [0.1, 0.15) is 37.4 Å². The van der Waals surface area contributed by atoms with Gasteiger partial charge in [-0.1, -0.05) is 36.8 Å². The number of nitrogens with one attached hydrogen (secondary N) is 3. The standard InChI is InChI=1S/C24H28N4O4/c1-5-14-28-16(3)20(22(29)32-4)21(27-24(28)31)17-8-12-19(13-9-17)26-23(30)25-18-10-6-15(2)7-11-18/h6-13,21H,5,14H2,1-4H3,(H,27,31)(H2,25,26,30). The Labute approximate surface area is 187 Å². The average Bonchev–Trinajstić information content (AvgIpc) is 2.78. The molecule has 0 bridgehead atoms. The van der Waals surface area contributed by atoms with E-state index in [-0.39, 0.29) is 12.1 Å². The second-order valence-electron chi connectivity index (χ2n) is 7.59. The van der Waals surface area contributed by atoms with Crippen molar-refractivity contribution in [2.45, 2.75) is 33.2 Å². The van der Waals surface area contributed by atoms with Crippen molar-refractivity contribution in [2.24, 2.45) is 0 Å². The lowest BCUT2D eigenvalue weighted by atomic mass is 9.94. The predicted molar refractivity (Wildman–Crippen MR) is 123 cm³/mol. The summed E-state index contributed by atoms with van der Waals surface area (Å²) >= 11 is 0. The van der Waals surface area contributed by atoms with Crippen LogP contribution in [0.3, 0.4) is 0 Å². The Bertz CT molecular complexity index is 1030. The van der Waals surface area contributed by atoms with Gasteiger partial charge in [0.25, 0.3) is 0 Å². The summed E-state index contributed by atoms with van der Waals surface area (Å²) in [6, 6.07) is 13.2. The summed E-state index contributed by atoms with van der Waals surface area (Å²) in [5.41, 5.74) is 4.04. The number of hydrogen-bond donors (Lipinski definition) is 3. The van der Waals surface area contributed by atoms with Crippen molar-refractivity contribution in [3.8, 4) is 0 Å². The van der Waals surface area contributed by atoms with E-state index >= 15 is 0 Å². The molecule has 3 N–H and O–H groups in total. The maximum atomic E-state index is 12.6. The molecular formula is C24H28N4O4. The van der Waals surface area contributed by atoms with Crippen LogP contribution in [0.15, 0.2) is 59.8 Å². The third-order valence-electron chi connectivity index (χ3n) is 5.26. The van der Waals surface area contributed by atoms with E-state index in [1.54, 1.807) is 36.1 Å². The Morgan fingerprint density at radius 1 is 1.00 bits per heavy atom. The van der Waals surface area contributed by atoms with Gasteiger partial charge in [-0.15, -0.1) is 0 Å². The first-order valence-electron chi connectivity index (χ1n) is 10.5. The zero-order valence-electron chi connectivity index (χ0n) is 18.7. The smallest absolute Gasteiger partial charge is 0.337 e. The van der Waals surface area contributed by atoms with Crippen LogP contribution in [-0.4, -0.2) is 36.6 Å². The van der Waals surface area contributed by atoms with Crippen molar-refractivity contribution in [1.82, 2.24) is 10.2 Å². The number of allylic oxidation sites excluding steroid dienone is 1. The quantitative estimate of drug-likeness (QED) is 0.578. The molecular weight excluding hydrogens is 408 g/mol. The molecule has 4 amide bonds. The van der Waals surface area contributed by atoms with Gasteiger partial charge in [0.2, 0.25) is 0 Å². The van der Waals surface area contributed by atoms with Gasteiger partial charge in [0, 0.05) is 23.6 Å². The van der Waals surface area contributed by atoms with Gasteiger partial charge in [-0.3, -0.25) is 4.90 Å². The Morgan fingerprint density at radius 2 is 1.56 bits per heavy atom. The fourth-order valence-corrected chi connectivity index (χ4v) is 3.59. The number of methoxy groups -OCH3 is 1. The number of rotatable bonds is 6. The highest BCUT2D eigenvalue weighted by atomic mass is 16.5. The number of hydrogen-bond acceptors (Lipinski definition) is 4. The van der Waals surface area contributed by atoms with Gasteiger partial charge < -0.3 is 20.7 Å². The first-order valence-corrected chi connectivity index (χ1v) is 10.5. The monoisotopic (exact) mass is 436 g/mol. The number of benzene rings is 2. The lowest BCUT2D eigenvalue weighted by Crippen LogP contribution is -2.48. The average molecular weight is 437 g/mol. The van der Waals surface area contributed by atoms with E-state index in [1.807, 2.05) is 38.1 Å². The number of nitrogens with zero attached hydrogens (tertiary/aromatic N) is 1. The fraction of sp³-hybridized carbons (Fsp3) is 0.292. The third kappa shape index (κ3) is 5.08. The second kappa shape index (κ2) is 10.00. The minimum Gasteiger partial charge on any atom is -0.466 e. The molecule has 1 aliphatic heterocycles. The maximum Gasteiger partial charge on any atom is 0.337 e. The number of amides is 4. The summed E-state index contributed by atoms with van der Waals surface area (Å²) in [5, 5.41) is 8.43. The second-order valence-corrected chi connectivity index (χ2v) is 7.59. The summed E-state index contributed by atoms with van der Waals surface area (Å²) in [7, 11) is 1.32. The van der Waals surface area contributed by atoms with Crippen molar-refractivity contribution in [3.63, 3.8) is 0 Å². The molecule has 168 valence electrons. The molecule has 32 heavy (non-hydrogen) atoms. The molecule has 8 heteroatoms. The molecule has 2 aromatic carbocycles. The number of urea groups is 2. The molecule has 0 saturated heterocycles. The fourth-order valence-electron chi connectivity index (χ4n) is 3.59. The molecule has 1 heterocycles. The first kappa shape index (κ1) is 22.9. The number of carbonyl (C=O) groups is 3. The third-order valence-corrected chi connectivity index (χ3v) is 5.26. The summed E-state index contributed by atoms with van der Waals surface area (Å²) in [6.45, 7) is 6.19. The van der Waals surface area contributed by atoms with E-state index in [0.29, 0.717) is 34.8 Å². The number of esters is 1. The molecule has 0 saturated carbocycles. The van der Waals surface area contributed by atoms with Crippen molar-refractivity contribution in [2.75, 3.05) is 24.3 Å². The Kier molecular flexibility index (Phi) is 7.14. The van der Waals surface area contributed by atoms with Gasteiger partial charge in [0.05, 0.1) is 18.7 Å². The molecule has 0 aliphatic carbocycles. The van der Waals surface area contributed by atoms with Crippen LogP contribution in [0.5, 0.6) is 0 Å². The Morgan fingerprint density at radius 3 is 2.09 bits per heavy atom. The molecule has 1 unspecified atom stereocenters. The first-order chi connectivity index (χ1) is 15.3.